The molecule has 7 aliphatic heterocycles. The summed E-state index contributed by atoms with van der Waals surface area (Å²) >= 11 is 0. The molecule has 7 saturated heterocycles. The van der Waals surface area contributed by atoms with E-state index in [4.69, 9.17) is 71.1 Å². The monoisotopic (exact) mass is 1770 g/mol. The first-order valence-corrected chi connectivity index (χ1v) is 29.4. The summed E-state index contributed by atoms with van der Waals surface area (Å²) in [7, 11) is 0. The van der Waals surface area contributed by atoms with E-state index < -0.39 is 291 Å². The molecule has 40 atom stereocenters. The SMILES string of the molecule is C=CCO[C@@H]1OC(CO)[C@H](O[C@@H]2OC(CO[C@@H]3CC(CO)[C@H](O[C@@H]4OC(CO)[C@H](O)C(O)C4O)C(OC4OC(C)[C@@H](O)C(O)C4O)C3[NH-])[C@H](O)C(O[C@@H]3OC(CO)[C@H](O[C@@H]4OC(C)[C@H](O)C(O)C4O)C(O[C@@H]4OC(CO)[C@H](O)C(O)C4O)C3[NH-])C2O)C(O)C1O.[Ac].[Ac]. The first-order valence-electron chi connectivity index (χ1n) is 29.4. The molecule has 2 radical (unpaired) electrons. The van der Waals surface area contributed by atoms with Gasteiger partial charge in [0.05, 0.1) is 70.2 Å². The predicted molar refractivity (Wildman–Crippen MR) is 283 cm³/mol. The van der Waals surface area contributed by atoms with Crippen molar-refractivity contribution in [3.63, 3.8) is 0 Å². The molecule has 8 aliphatic rings. The molecule has 0 spiro atoms. The molecule has 0 bridgehead atoms. The summed E-state index contributed by atoms with van der Waals surface area (Å²) in [6.07, 6.45) is -67.9. The summed E-state index contributed by atoms with van der Waals surface area (Å²) in [6.45, 7) is 0.306. The van der Waals surface area contributed by atoms with Gasteiger partial charge in [-0.3, -0.25) is 0 Å². The maximum atomic E-state index is 12.3. The van der Waals surface area contributed by atoms with Crippen LogP contribution >= 0.6 is 0 Å². The first kappa shape index (κ1) is 82.1. The van der Waals surface area contributed by atoms with Crippen molar-refractivity contribution in [3.05, 3.63) is 24.1 Å². The van der Waals surface area contributed by atoms with Crippen LogP contribution in [0.1, 0.15) is 20.3 Å². The Labute approximate surface area is 597 Å². The number of hydrogen-bond donors (Lipinski definition) is 21. The fourth-order valence-corrected chi connectivity index (χ4v) is 12.1. The Bertz CT molecular complexity index is 2210. The molecule has 7 heterocycles. The molecular formula is C52H88Ac2N2O36-2. The van der Waals surface area contributed by atoms with Crippen LogP contribution in [0, 0.1) is 94.0 Å². The second-order valence-electron chi connectivity index (χ2n) is 23.5. The second kappa shape index (κ2) is 36.3. The van der Waals surface area contributed by atoms with Crippen molar-refractivity contribution in [3.8, 4) is 0 Å². The summed E-state index contributed by atoms with van der Waals surface area (Å²) in [5.41, 5.74) is 19.1. The van der Waals surface area contributed by atoms with Gasteiger partial charge in [0.1, 0.15) is 153 Å². The summed E-state index contributed by atoms with van der Waals surface area (Å²) in [5, 5.41) is 228. The van der Waals surface area contributed by atoms with Crippen LogP contribution < -0.4 is 0 Å². The van der Waals surface area contributed by atoms with Gasteiger partial charge in [-0.15, -0.1) is 6.58 Å². The molecule has 0 amide bonds. The third-order valence-electron chi connectivity index (χ3n) is 17.5. The molecule has 0 aromatic carbocycles. The van der Waals surface area contributed by atoms with Gasteiger partial charge in [-0.1, -0.05) is 18.2 Å². The molecule has 40 heteroatoms. The standard InChI is InChI=1S/C52H88N2O36.2Ac/c1-4-5-76-47-38(74)33(69)41(19(10-58)83-47)86-52-39(75)45(90-46-23(54)44(89-51-37(73)32(68)27(63)18(9-57)81-51)42(20(11-59)82-46)87-48-34(70)29(65)24(60)13(2)78-48)28(64)21(84-52)12-77-16-6-15(7-55)40(85-50-36(72)31(67)26(62)17(8-56)80-50)43(22(16)53)88-49-35(71)30(66)25(61)14(3)79-49;;/h4,13-75H,1,5-12H2,2-3H3;;/q-2;;/t13?,14?,15?,16-,17?,18?,19?,20?,21?,22?,23?,24+,25-,26+,27+,28+,29?,30?,31?,32?,33?,34?,35?,36?,37?,38?,39?,40+,41+,42+,43?,44?,45?,46+,47-,48+,49?,50+,51+,52+;;/m1../s1. The smallest absolute Gasteiger partial charge is 0.187 e. The molecule has 8 rings (SSSR count). The Balaban J connectivity index is 0.00000672. The molecule has 0 aromatic heterocycles. The molecule has 38 nitrogen and oxygen atoms in total. The van der Waals surface area contributed by atoms with Gasteiger partial charge in [-0.2, -0.15) is 0 Å². The van der Waals surface area contributed by atoms with Gasteiger partial charge in [0, 0.05) is 107 Å². The fourth-order valence-electron chi connectivity index (χ4n) is 12.1. The summed E-state index contributed by atoms with van der Waals surface area (Å²) in [5.74, 6) is -1.25. The van der Waals surface area contributed by atoms with Gasteiger partial charge in [0.25, 0.3) is 0 Å². The fraction of sp³-hybridized carbons (Fsp3) is 0.962. The Kier molecular flexibility index (Phi) is 32.4. The van der Waals surface area contributed by atoms with Gasteiger partial charge in [0.15, 0.2) is 37.7 Å². The second-order valence-corrected chi connectivity index (χ2v) is 23.5. The van der Waals surface area contributed by atoms with Crippen LogP contribution in [0.15, 0.2) is 12.7 Å². The van der Waals surface area contributed by atoms with Gasteiger partial charge >= 0.3 is 0 Å². The topological polar surface area (TPSA) is 611 Å². The van der Waals surface area contributed by atoms with Crippen molar-refractivity contribution in [1.29, 1.82) is 0 Å². The quantitative estimate of drug-likeness (QED) is 0.0422. The third kappa shape index (κ3) is 17.8. The molecule has 530 valence electrons. The summed E-state index contributed by atoms with van der Waals surface area (Å²) < 4.78 is 88.4. The zero-order valence-electron chi connectivity index (χ0n) is 49.7. The average Bonchev–Trinajstić information content (AvgIpc) is 0.835. The van der Waals surface area contributed by atoms with Crippen LogP contribution in [0.2, 0.25) is 0 Å². The number of hydrogen-bond acceptors (Lipinski definition) is 36. The van der Waals surface area contributed by atoms with Gasteiger partial charge < -0.3 is 190 Å². The number of nitrogens with one attached hydrogen (secondary N) is 2. The van der Waals surface area contributed by atoms with Crippen LogP contribution in [0.25, 0.3) is 11.5 Å². The van der Waals surface area contributed by atoms with Crippen molar-refractivity contribution in [1.82, 2.24) is 0 Å². The van der Waals surface area contributed by atoms with Crippen molar-refractivity contribution in [2.24, 2.45) is 5.92 Å². The molecule has 0 aromatic rings. The predicted octanol–water partition coefficient (Wildman–Crippen LogP) is -12.4. The minimum atomic E-state index is -2.31. The van der Waals surface area contributed by atoms with E-state index in [1.807, 2.05) is 0 Å². The van der Waals surface area contributed by atoms with Gasteiger partial charge in [-0.25, -0.2) is 0 Å². The molecular weight excluding hydrogens is 1680 g/mol. The van der Waals surface area contributed by atoms with Crippen LogP contribution in [-0.2, 0) is 71.1 Å². The van der Waals surface area contributed by atoms with E-state index in [0.717, 1.165) is 0 Å². The van der Waals surface area contributed by atoms with E-state index in [-0.39, 0.29) is 94.7 Å². The minimum absolute atomic E-state index is 0. The van der Waals surface area contributed by atoms with E-state index in [1.54, 1.807) is 0 Å². The molecule has 25 unspecified atom stereocenters. The first-order chi connectivity index (χ1) is 42.7. The van der Waals surface area contributed by atoms with Crippen LogP contribution in [0.3, 0.4) is 0 Å². The number of aliphatic hydroxyl groups excluding tert-OH is 21. The van der Waals surface area contributed by atoms with E-state index >= 15 is 0 Å². The van der Waals surface area contributed by atoms with Crippen LogP contribution in [0.5, 0.6) is 0 Å². The Hall–Kier alpha value is 1.10. The molecule has 1 aliphatic carbocycles. The molecule has 1 saturated carbocycles. The largest absolute Gasteiger partial charge is 0.670 e. The molecule has 23 N–H and O–H groups in total. The van der Waals surface area contributed by atoms with Crippen molar-refractivity contribution in [2.75, 3.05) is 46.2 Å². The molecule has 8 fully saturated rings. The Morgan fingerprint density at radius 3 is 1.20 bits per heavy atom. The maximum Gasteiger partial charge on any atom is 0.187 e. The minimum Gasteiger partial charge on any atom is -0.670 e. The van der Waals surface area contributed by atoms with E-state index in [2.05, 4.69) is 6.58 Å². The average molecular weight is 1770 g/mol. The zero-order valence-corrected chi connectivity index (χ0v) is 59.2. The van der Waals surface area contributed by atoms with Crippen molar-refractivity contribution < 1.29 is 266 Å². The number of aliphatic hydroxyl groups is 21. The maximum absolute atomic E-state index is 12.3. The Morgan fingerprint density at radius 2 is 0.717 bits per heavy atom. The van der Waals surface area contributed by atoms with E-state index in [0.29, 0.717) is 0 Å². The van der Waals surface area contributed by atoms with E-state index in [1.165, 1.54) is 19.9 Å². The number of ether oxygens (including phenoxy) is 15. The van der Waals surface area contributed by atoms with Gasteiger partial charge in [-0.05, 0) is 20.3 Å². The zero-order chi connectivity index (χ0) is 66.1. The van der Waals surface area contributed by atoms with Crippen molar-refractivity contribution in [2.45, 2.75) is 260 Å². The van der Waals surface area contributed by atoms with Crippen molar-refractivity contribution >= 4 is 0 Å². The molecule has 92 heavy (non-hydrogen) atoms. The summed E-state index contributed by atoms with van der Waals surface area (Å²) in [6, 6.07) is -3.91. The third-order valence-corrected chi connectivity index (χ3v) is 17.5. The van der Waals surface area contributed by atoms with Crippen LogP contribution in [0.4, 0.5) is 0 Å². The normalized spacial score (nSPS) is 51.9. The van der Waals surface area contributed by atoms with E-state index in [9.17, 15) is 119 Å². The van der Waals surface area contributed by atoms with Gasteiger partial charge in [0.2, 0.25) is 0 Å². The number of rotatable bonds is 23. The Morgan fingerprint density at radius 1 is 0.348 bits per heavy atom. The summed E-state index contributed by atoms with van der Waals surface area (Å²) in [4.78, 5) is 0. The van der Waals surface area contributed by atoms with Crippen LogP contribution in [-0.4, -0.2) is 393 Å².